The lowest BCUT2D eigenvalue weighted by Gasteiger charge is -2.27. The van der Waals surface area contributed by atoms with Gasteiger partial charge in [-0.05, 0) is 36.1 Å². The quantitative estimate of drug-likeness (QED) is 0.798. The molecule has 0 saturated heterocycles. The highest BCUT2D eigenvalue weighted by atomic mass is 79.9. The van der Waals surface area contributed by atoms with E-state index in [0.717, 1.165) is 23.3 Å². The molecule has 102 valence electrons. The third-order valence-corrected chi connectivity index (χ3v) is 3.77. The fourth-order valence-electron chi connectivity index (χ4n) is 1.42. The van der Waals surface area contributed by atoms with Gasteiger partial charge in [-0.15, -0.1) is 0 Å². The van der Waals surface area contributed by atoms with Crippen molar-refractivity contribution in [2.24, 2.45) is 11.3 Å². The second-order valence-electron chi connectivity index (χ2n) is 5.78. The molecule has 1 N–H and O–H groups in total. The number of halogens is 1. The normalized spacial score (nSPS) is 13.4. The monoisotopic (exact) mass is 313 g/mol. The molecule has 0 saturated carbocycles. The zero-order valence-electron chi connectivity index (χ0n) is 11.8. The number of nitrogens with one attached hydrogen (secondary N) is 1. The molecule has 2 nitrogen and oxygen atoms in total. The van der Waals surface area contributed by atoms with Crippen LogP contribution in [0.25, 0.3) is 0 Å². The van der Waals surface area contributed by atoms with E-state index in [1.54, 1.807) is 0 Å². The Balaban J connectivity index is 2.16. The minimum absolute atomic E-state index is 0.359. The smallest absolute Gasteiger partial charge is 0.120 e. The molecule has 0 radical (unpaired) electrons. The number of hydrogen-bond donors (Lipinski definition) is 1. The average molecular weight is 314 g/mol. The van der Waals surface area contributed by atoms with Crippen LogP contribution in [-0.4, -0.2) is 19.7 Å². The summed E-state index contributed by atoms with van der Waals surface area (Å²) in [6.45, 7) is 11.7. The second kappa shape index (κ2) is 7.15. The third kappa shape index (κ3) is 5.87. The first-order chi connectivity index (χ1) is 8.39. The van der Waals surface area contributed by atoms with Gasteiger partial charge in [-0.1, -0.05) is 49.7 Å². The van der Waals surface area contributed by atoms with Crippen molar-refractivity contribution >= 4 is 15.9 Å². The molecule has 0 aliphatic rings. The average Bonchev–Trinajstić information content (AvgIpc) is 2.27. The van der Waals surface area contributed by atoms with Crippen molar-refractivity contribution in [3.05, 3.63) is 28.7 Å². The van der Waals surface area contributed by atoms with Gasteiger partial charge >= 0.3 is 0 Å². The van der Waals surface area contributed by atoms with Crippen LogP contribution in [0.4, 0.5) is 0 Å². The lowest BCUT2D eigenvalue weighted by molar-refractivity contribution is 0.243. The van der Waals surface area contributed by atoms with E-state index in [-0.39, 0.29) is 0 Å². The van der Waals surface area contributed by atoms with E-state index >= 15 is 0 Å². The van der Waals surface area contributed by atoms with Crippen molar-refractivity contribution in [3.63, 3.8) is 0 Å². The fraction of sp³-hybridized carbons (Fsp3) is 0.600. The van der Waals surface area contributed by atoms with Crippen LogP contribution in [0.3, 0.4) is 0 Å². The number of ether oxygens (including phenoxy) is 1. The van der Waals surface area contributed by atoms with E-state index in [9.17, 15) is 0 Å². The first-order valence-electron chi connectivity index (χ1n) is 6.48. The summed E-state index contributed by atoms with van der Waals surface area (Å²) < 4.78 is 6.71. The highest BCUT2D eigenvalue weighted by Crippen LogP contribution is 2.24. The Morgan fingerprint density at radius 1 is 1.33 bits per heavy atom. The second-order valence-corrected chi connectivity index (χ2v) is 6.69. The molecule has 0 aliphatic carbocycles. The molecule has 0 amide bonds. The molecule has 0 spiro atoms. The van der Waals surface area contributed by atoms with Crippen LogP contribution in [0.2, 0.25) is 0 Å². The molecule has 1 unspecified atom stereocenters. The van der Waals surface area contributed by atoms with Crippen LogP contribution < -0.4 is 10.1 Å². The molecule has 1 aromatic rings. The summed E-state index contributed by atoms with van der Waals surface area (Å²) in [4.78, 5) is 0. The van der Waals surface area contributed by atoms with Crippen molar-refractivity contribution in [1.82, 2.24) is 5.32 Å². The lowest BCUT2D eigenvalue weighted by atomic mass is 9.82. The summed E-state index contributed by atoms with van der Waals surface area (Å²) in [5.74, 6) is 1.57. The van der Waals surface area contributed by atoms with E-state index in [2.05, 4.69) is 48.9 Å². The molecule has 18 heavy (non-hydrogen) atoms. The van der Waals surface area contributed by atoms with Gasteiger partial charge < -0.3 is 10.1 Å². The maximum absolute atomic E-state index is 5.66. The Bertz CT molecular complexity index is 360. The minimum Gasteiger partial charge on any atom is -0.492 e. The molecule has 1 atom stereocenters. The zero-order valence-corrected chi connectivity index (χ0v) is 13.4. The van der Waals surface area contributed by atoms with Crippen molar-refractivity contribution < 1.29 is 4.74 Å². The standard InChI is InChI=1S/C15H24BrNO/c1-12(15(2,3)4)11-17-8-9-18-14-7-5-6-13(16)10-14/h5-7,10,12,17H,8-9,11H2,1-4H3. The van der Waals surface area contributed by atoms with Gasteiger partial charge in [-0.2, -0.15) is 0 Å². The van der Waals surface area contributed by atoms with Gasteiger partial charge in [0.05, 0.1) is 0 Å². The van der Waals surface area contributed by atoms with Gasteiger partial charge in [0, 0.05) is 11.0 Å². The van der Waals surface area contributed by atoms with E-state index < -0.39 is 0 Å². The maximum atomic E-state index is 5.66. The maximum Gasteiger partial charge on any atom is 0.120 e. The number of hydrogen-bond acceptors (Lipinski definition) is 2. The van der Waals surface area contributed by atoms with Crippen molar-refractivity contribution in [3.8, 4) is 5.75 Å². The summed E-state index contributed by atoms with van der Waals surface area (Å²) in [5, 5.41) is 3.44. The molecule has 0 heterocycles. The third-order valence-electron chi connectivity index (χ3n) is 3.27. The molecule has 0 aliphatic heterocycles. The van der Waals surface area contributed by atoms with Crippen LogP contribution in [0.5, 0.6) is 5.75 Å². The van der Waals surface area contributed by atoms with E-state index in [1.165, 1.54) is 0 Å². The molecular formula is C15H24BrNO. The molecule has 3 heteroatoms. The summed E-state index contributed by atoms with van der Waals surface area (Å²) in [6.07, 6.45) is 0. The molecule has 1 aromatic carbocycles. The minimum atomic E-state index is 0.359. The van der Waals surface area contributed by atoms with Crippen LogP contribution in [0.15, 0.2) is 28.7 Å². The molecule has 0 bridgehead atoms. The Morgan fingerprint density at radius 3 is 2.67 bits per heavy atom. The molecule has 0 fully saturated rings. The topological polar surface area (TPSA) is 21.3 Å². The van der Waals surface area contributed by atoms with Crippen molar-refractivity contribution in [2.45, 2.75) is 27.7 Å². The largest absolute Gasteiger partial charge is 0.492 e. The summed E-state index contributed by atoms with van der Waals surface area (Å²) in [6, 6.07) is 7.94. The lowest BCUT2D eigenvalue weighted by Crippen LogP contribution is -2.32. The zero-order chi connectivity index (χ0) is 13.6. The molecule has 1 rings (SSSR count). The molecule has 0 aromatic heterocycles. The highest BCUT2D eigenvalue weighted by molar-refractivity contribution is 9.10. The Morgan fingerprint density at radius 2 is 2.06 bits per heavy atom. The van der Waals surface area contributed by atoms with Crippen LogP contribution in [0.1, 0.15) is 27.7 Å². The summed E-state index contributed by atoms with van der Waals surface area (Å²) in [5.41, 5.74) is 0.359. The van der Waals surface area contributed by atoms with Gasteiger partial charge in [0.25, 0.3) is 0 Å². The van der Waals surface area contributed by atoms with Gasteiger partial charge in [-0.3, -0.25) is 0 Å². The summed E-state index contributed by atoms with van der Waals surface area (Å²) >= 11 is 3.43. The number of benzene rings is 1. The highest BCUT2D eigenvalue weighted by Gasteiger charge is 2.18. The van der Waals surface area contributed by atoms with Crippen LogP contribution in [0, 0.1) is 11.3 Å². The summed E-state index contributed by atoms with van der Waals surface area (Å²) in [7, 11) is 0. The SMILES string of the molecule is CC(CNCCOc1cccc(Br)c1)C(C)(C)C. The van der Waals surface area contributed by atoms with E-state index in [0.29, 0.717) is 17.9 Å². The number of rotatable bonds is 6. The van der Waals surface area contributed by atoms with Gasteiger partial charge in [0.1, 0.15) is 12.4 Å². The Kier molecular flexibility index (Phi) is 6.16. The van der Waals surface area contributed by atoms with Crippen LogP contribution >= 0.6 is 15.9 Å². The van der Waals surface area contributed by atoms with E-state index in [1.807, 2.05) is 24.3 Å². The fourth-order valence-corrected chi connectivity index (χ4v) is 1.80. The van der Waals surface area contributed by atoms with Crippen molar-refractivity contribution in [1.29, 1.82) is 0 Å². The van der Waals surface area contributed by atoms with Crippen molar-refractivity contribution in [2.75, 3.05) is 19.7 Å². The first kappa shape index (κ1) is 15.5. The van der Waals surface area contributed by atoms with Gasteiger partial charge in [0.2, 0.25) is 0 Å². The Labute approximate surface area is 119 Å². The predicted molar refractivity (Wildman–Crippen MR) is 81.1 cm³/mol. The van der Waals surface area contributed by atoms with Gasteiger partial charge in [0.15, 0.2) is 0 Å². The predicted octanol–water partition coefficient (Wildman–Crippen LogP) is 4.10. The molecular weight excluding hydrogens is 290 g/mol. The first-order valence-corrected chi connectivity index (χ1v) is 7.28. The Hall–Kier alpha value is -0.540. The van der Waals surface area contributed by atoms with Crippen LogP contribution in [-0.2, 0) is 0 Å². The van der Waals surface area contributed by atoms with E-state index in [4.69, 9.17) is 4.74 Å². The van der Waals surface area contributed by atoms with Gasteiger partial charge in [-0.25, -0.2) is 0 Å².